The molecule has 0 radical (unpaired) electrons. The molecule has 9 nitrogen and oxygen atoms in total. The summed E-state index contributed by atoms with van der Waals surface area (Å²) in [6, 6.07) is 38.1. The summed E-state index contributed by atoms with van der Waals surface area (Å²) in [5.41, 5.74) is 10.3. The topological polar surface area (TPSA) is 112 Å². The summed E-state index contributed by atoms with van der Waals surface area (Å²) in [6.45, 7) is 37.1. The second-order valence-electron chi connectivity index (χ2n) is 23.8. The minimum Gasteiger partial charge on any atom is -0.508 e. The average molecular weight is 1160 g/mol. The maximum absolute atomic E-state index is 8.99. The number of ether oxygens (including phenoxy) is 3. The van der Waals surface area contributed by atoms with Crippen molar-refractivity contribution in [3.8, 4) is 23.0 Å². The van der Waals surface area contributed by atoms with Crippen molar-refractivity contribution in [1.82, 2.24) is 24.9 Å². The van der Waals surface area contributed by atoms with Gasteiger partial charge in [-0.3, -0.25) is 19.9 Å². The molecule has 5 aromatic heterocycles. The van der Waals surface area contributed by atoms with Gasteiger partial charge in [0, 0.05) is 73.1 Å². The SMILES string of the molecule is CC(C)Cc1ccc(O)cc1.CC(C)Cc1cccnc1.CC(C)Cc1ccncc1.CC(C)Cc1nccs1.CC(C)c1ccncc1.COc1cc(CC(C)C)cc(OC)c1.COc1ccccc1C(C)C.Cc1ccc(C(C)C)nc1. The molecule has 84 heavy (non-hydrogen) atoms. The fourth-order valence-corrected chi connectivity index (χ4v) is 8.79. The van der Waals surface area contributed by atoms with Gasteiger partial charge in [0.15, 0.2) is 0 Å². The van der Waals surface area contributed by atoms with Gasteiger partial charge in [0.05, 0.1) is 26.3 Å². The summed E-state index contributed by atoms with van der Waals surface area (Å²) in [4.78, 5) is 20.4. The van der Waals surface area contributed by atoms with Crippen LogP contribution in [0.5, 0.6) is 23.0 Å². The highest BCUT2D eigenvalue weighted by molar-refractivity contribution is 7.09. The predicted octanol–water partition coefficient (Wildman–Crippen LogP) is 19.9. The first-order valence-electron chi connectivity index (χ1n) is 30.1. The fourth-order valence-electron chi connectivity index (χ4n) is 7.96. The van der Waals surface area contributed by atoms with Gasteiger partial charge in [-0.05, 0) is 186 Å². The number of hydrogen-bond donors (Lipinski definition) is 1. The van der Waals surface area contributed by atoms with Crippen LogP contribution in [0.15, 0.2) is 170 Å². The molecule has 8 rings (SSSR count). The first-order valence-corrected chi connectivity index (χ1v) is 31.0. The molecule has 0 amide bonds. The van der Waals surface area contributed by atoms with Crippen LogP contribution < -0.4 is 14.2 Å². The number of aromatic nitrogens is 5. The number of aryl methyl sites for hydroxylation is 1. The number of phenolic OH excluding ortho intramolecular Hbond substituents is 1. The first-order chi connectivity index (χ1) is 40.0. The lowest BCUT2D eigenvalue weighted by Gasteiger charge is -2.10. The molecule has 0 saturated heterocycles. The summed E-state index contributed by atoms with van der Waals surface area (Å²) in [7, 11) is 5.06. The lowest BCUT2D eigenvalue weighted by Crippen LogP contribution is -1.96. The smallest absolute Gasteiger partial charge is 0.122 e. The molecule has 3 aromatic carbocycles. The Kier molecular flexibility index (Phi) is 39.9. The van der Waals surface area contributed by atoms with Gasteiger partial charge in [-0.1, -0.05) is 153 Å². The van der Waals surface area contributed by atoms with E-state index < -0.39 is 0 Å². The quantitative estimate of drug-likeness (QED) is 0.101. The monoisotopic (exact) mass is 1160 g/mol. The third-order valence-corrected chi connectivity index (χ3v) is 12.9. The van der Waals surface area contributed by atoms with Gasteiger partial charge in [-0.15, -0.1) is 11.3 Å². The number of methoxy groups -OCH3 is 3. The van der Waals surface area contributed by atoms with Crippen LogP contribution in [0.1, 0.15) is 178 Å². The number of aromatic hydroxyl groups is 1. The Balaban J connectivity index is 0.000000482. The van der Waals surface area contributed by atoms with Crippen LogP contribution in [-0.2, 0) is 32.1 Å². The van der Waals surface area contributed by atoms with Crippen LogP contribution in [0.25, 0.3) is 0 Å². The van der Waals surface area contributed by atoms with Crippen molar-refractivity contribution >= 4 is 11.3 Å². The van der Waals surface area contributed by atoms with E-state index in [2.05, 4.69) is 191 Å². The van der Waals surface area contributed by atoms with E-state index in [1.54, 1.807) is 44.8 Å². The second-order valence-corrected chi connectivity index (χ2v) is 24.7. The number of thiazole rings is 1. The summed E-state index contributed by atoms with van der Waals surface area (Å²) in [6.07, 6.45) is 20.4. The average Bonchev–Trinajstić information content (AvgIpc) is 4.00. The number of hydrogen-bond acceptors (Lipinski definition) is 10. The lowest BCUT2D eigenvalue weighted by molar-refractivity contribution is 0.393. The number of phenols is 1. The molecular formula is C74H107N5O4S. The van der Waals surface area contributed by atoms with E-state index in [4.69, 9.17) is 19.3 Å². The van der Waals surface area contributed by atoms with Gasteiger partial charge < -0.3 is 19.3 Å². The van der Waals surface area contributed by atoms with Crippen molar-refractivity contribution in [2.24, 2.45) is 29.6 Å². The van der Waals surface area contributed by atoms with Crippen molar-refractivity contribution in [1.29, 1.82) is 0 Å². The second kappa shape index (κ2) is 44.6. The molecule has 5 heterocycles. The van der Waals surface area contributed by atoms with Crippen molar-refractivity contribution in [3.63, 3.8) is 0 Å². The van der Waals surface area contributed by atoms with Gasteiger partial charge in [-0.25, -0.2) is 4.98 Å². The Morgan fingerprint density at radius 2 is 0.929 bits per heavy atom. The summed E-state index contributed by atoms with van der Waals surface area (Å²) < 4.78 is 15.6. The Bertz CT molecular complexity index is 2720. The Morgan fingerprint density at radius 1 is 0.417 bits per heavy atom. The van der Waals surface area contributed by atoms with Gasteiger partial charge in [0.25, 0.3) is 0 Å². The molecule has 458 valence electrons. The molecule has 0 aliphatic carbocycles. The van der Waals surface area contributed by atoms with E-state index in [-0.39, 0.29) is 0 Å². The summed E-state index contributed by atoms with van der Waals surface area (Å²) in [5, 5.41) is 12.3. The highest BCUT2D eigenvalue weighted by Gasteiger charge is 2.06. The zero-order valence-electron chi connectivity index (χ0n) is 55.1. The zero-order chi connectivity index (χ0) is 62.8. The normalized spacial score (nSPS) is 10.3. The number of benzene rings is 3. The van der Waals surface area contributed by atoms with E-state index in [1.807, 2.05) is 110 Å². The van der Waals surface area contributed by atoms with Crippen molar-refractivity contribution in [2.45, 2.75) is 168 Å². The van der Waals surface area contributed by atoms with Crippen molar-refractivity contribution < 1.29 is 19.3 Å². The molecule has 0 aliphatic heterocycles. The molecule has 0 unspecified atom stereocenters. The highest BCUT2D eigenvalue weighted by Crippen LogP contribution is 2.26. The molecule has 0 fully saturated rings. The minimum atomic E-state index is 0.345. The van der Waals surface area contributed by atoms with Crippen LogP contribution in [-0.4, -0.2) is 51.4 Å². The molecule has 0 spiro atoms. The fraction of sp³-hybridized carbons (Fsp3) is 0.446. The van der Waals surface area contributed by atoms with Gasteiger partial charge in [-0.2, -0.15) is 0 Å². The van der Waals surface area contributed by atoms with E-state index >= 15 is 0 Å². The van der Waals surface area contributed by atoms with Crippen molar-refractivity contribution in [2.75, 3.05) is 21.3 Å². The van der Waals surface area contributed by atoms with Crippen LogP contribution in [0, 0.1) is 36.5 Å². The summed E-state index contributed by atoms with van der Waals surface area (Å²) >= 11 is 1.74. The Hall–Kier alpha value is -6.91. The number of rotatable bonds is 16. The van der Waals surface area contributed by atoms with Crippen LogP contribution >= 0.6 is 11.3 Å². The van der Waals surface area contributed by atoms with Gasteiger partial charge in [0.2, 0.25) is 0 Å². The largest absolute Gasteiger partial charge is 0.508 e. The molecule has 10 heteroatoms. The van der Waals surface area contributed by atoms with E-state index in [0.29, 0.717) is 35.3 Å². The number of pyridine rings is 4. The minimum absolute atomic E-state index is 0.345. The third kappa shape index (κ3) is 37.3. The number of para-hydroxylation sites is 1. The van der Waals surface area contributed by atoms with Crippen LogP contribution in [0.3, 0.4) is 0 Å². The molecule has 1 N–H and O–H groups in total. The van der Waals surface area contributed by atoms with Gasteiger partial charge >= 0.3 is 0 Å². The molecule has 0 saturated carbocycles. The standard InChI is InChI=1S/C12H18O2.2C10H14O.3C9H13N.C8H11N.C7H11NS/c1-9(2)5-10-6-11(13-3)8-12(7-10)14-4;1-8(2)9-6-4-5-7-10(9)11-3;1-8(2)7-9-3-5-10(11)6-4-9;1-7(2)9-5-4-8(3)6-10-9;1-8(2)7-9-3-5-10-6-4-9;1-8(2)6-9-4-3-5-10-7-9;1-7(2)8-3-5-9-6-4-8;1-6(2)5-7-8-3-4-9-7/h6-9H,5H2,1-4H3;4-8H,1-3H3;3-6,8,11H,7H2,1-2H3;4-7H,1-3H3;3-6,8H,7H2,1-2H3;3-5,7-8H,6H2,1-2H3;3-7H,1-2H3;3-4,6H,5H2,1-2H3. The van der Waals surface area contributed by atoms with Crippen LogP contribution in [0.4, 0.5) is 0 Å². The summed E-state index contributed by atoms with van der Waals surface area (Å²) in [5.74, 6) is 8.27. The molecule has 0 aliphatic rings. The zero-order valence-corrected chi connectivity index (χ0v) is 56.0. The van der Waals surface area contributed by atoms with Gasteiger partial charge in [0.1, 0.15) is 23.0 Å². The van der Waals surface area contributed by atoms with E-state index in [9.17, 15) is 0 Å². The van der Waals surface area contributed by atoms with Crippen LogP contribution in [0.2, 0.25) is 0 Å². The molecule has 0 atom stereocenters. The first kappa shape index (κ1) is 75.1. The third-order valence-electron chi connectivity index (χ3n) is 12.1. The highest BCUT2D eigenvalue weighted by atomic mass is 32.1. The Labute approximate surface area is 514 Å². The van der Waals surface area contributed by atoms with E-state index in [1.165, 1.54) is 49.6 Å². The van der Waals surface area contributed by atoms with E-state index in [0.717, 1.165) is 67.1 Å². The lowest BCUT2D eigenvalue weighted by atomic mass is 10.0. The number of nitrogens with zero attached hydrogens (tertiary/aromatic N) is 5. The Morgan fingerprint density at radius 3 is 1.33 bits per heavy atom. The maximum Gasteiger partial charge on any atom is 0.122 e. The predicted molar refractivity (Wildman–Crippen MR) is 359 cm³/mol. The van der Waals surface area contributed by atoms with Crippen molar-refractivity contribution in [3.05, 3.63) is 220 Å². The maximum atomic E-state index is 8.99. The molecular weight excluding hydrogens is 1050 g/mol. The molecule has 0 bridgehead atoms. The molecule has 8 aromatic rings.